The minimum Gasteiger partial charge on any atom is -0.497 e. The number of hydrogen-bond acceptors (Lipinski definition) is 4. The number of rotatable bonds is 8. The number of benzene rings is 4. The van der Waals surface area contributed by atoms with E-state index in [1.54, 1.807) is 14.2 Å². The van der Waals surface area contributed by atoms with Crippen molar-refractivity contribution in [2.45, 2.75) is 6.42 Å². The van der Waals surface area contributed by atoms with Gasteiger partial charge in [0.25, 0.3) is 0 Å². The lowest BCUT2D eigenvalue weighted by molar-refractivity contribution is 0.299. The Kier molecular flexibility index (Phi) is 6.73. The second-order valence-corrected chi connectivity index (χ2v) is 7.23. The van der Waals surface area contributed by atoms with E-state index in [-0.39, 0.29) is 6.61 Å². The maximum absolute atomic E-state index is 9.70. The third kappa shape index (κ3) is 4.61. The van der Waals surface area contributed by atoms with E-state index < -0.39 is 0 Å². The molecular formula is C28H25O4. The summed E-state index contributed by atoms with van der Waals surface area (Å²) in [6.45, 7) is 0.0202. The lowest BCUT2D eigenvalue weighted by atomic mass is 9.91. The van der Waals surface area contributed by atoms with Crippen molar-refractivity contribution in [3.8, 4) is 45.3 Å². The molecule has 0 aliphatic rings. The molecule has 4 aromatic rings. The molecule has 1 radical (unpaired) electrons. The molecule has 0 unspecified atom stereocenters. The van der Waals surface area contributed by atoms with Crippen LogP contribution in [-0.4, -0.2) is 25.9 Å². The average Bonchev–Trinajstić information content (AvgIpc) is 2.85. The summed E-state index contributed by atoms with van der Waals surface area (Å²) < 4.78 is 17.1. The maximum Gasteiger partial charge on any atom is 0.143 e. The van der Waals surface area contributed by atoms with Crippen LogP contribution in [0.15, 0.2) is 84.9 Å². The molecule has 0 aromatic heterocycles. The van der Waals surface area contributed by atoms with E-state index in [4.69, 9.17) is 14.2 Å². The lowest BCUT2D eigenvalue weighted by Crippen LogP contribution is -2.00. The molecule has 0 aliphatic heterocycles. The van der Waals surface area contributed by atoms with E-state index in [0.717, 1.165) is 45.1 Å². The fraction of sp³-hybridized carbons (Fsp3) is 0.143. The predicted octanol–water partition coefficient (Wildman–Crippen LogP) is 6.17. The Labute approximate surface area is 188 Å². The fourth-order valence-electron chi connectivity index (χ4n) is 3.64. The van der Waals surface area contributed by atoms with Crippen LogP contribution in [0.1, 0.15) is 5.56 Å². The van der Waals surface area contributed by atoms with E-state index >= 15 is 0 Å². The van der Waals surface area contributed by atoms with Gasteiger partial charge in [0.05, 0.1) is 14.2 Å². The Bertz CT molecular complexity index is 1150. The average molecular weight is 426 g/mol. The molecule has 4 nitrogen and oxygen atoms in total. The Hall–Kier alpha value is -3.76. The zero-order chi connectivity index (χ0) is 22.3. The highest BCUT2D eigenvalue weighted by Crippen LogP contribution is 2.44. The summed E-state index contributed by atoms with van der Waals surface area (Å²) in [4.78, 5) is 0. The molecular weight excluding hydrogens is 400 g/mol. The van der Waals surface area contributed by atoms with Gasteiger partial charge in [-0.3, -0.25) is 0 Å². The van der Waals surface area contributed by atoms with Crippen molar-refractivity contribution < 1.29 is 19.3 Å². The monoisotopic (exact) mass is 425 g/mol. The van der Waals surface area contributed by atoms with Crippen molar-refractivity contribution in [2.75, 3.05) is 20.8 Å². The van der Waals surface area contributed by atoms with Crippen LogP contribution in [0.25, 0.3) is 22.3 Å². The van der Waals surface area contributed by atoms with Crippen LogP contribution in [0.2, 0.25) is 0 Å². The summed E-state index contributed by atoms with van der Waals surface area (Å²) in [5, 5.41) is 9.70. The summed E-state index contributed by atoms with van der Waals surface area (Å²) in [6.07, 6.45) is 0.468. The van der Waals surface area contributed by atoms with Gasteiger partial charge < -0.3 is 19.3 Å². The van der Waals surface area contributed by atoms with Crippen LogP contribution in [0.3, 0.4) is 0 Å². The minimum absolute atomic E-state index is 0.0202. The Morgan fingerprint density at radius 2 is 1.31 bits per heavy atom. The molecule has 4 heteroatoms. The van der Waals surface area contributed by atoms with Gasteiger partial charge in [-0.25, -0.2) is 0 Å². The third-order valence-electron chi connectivity index (χ3n) is 5.27. The zero-order valence-corrected chi connectivity index (χ0v) is 18.2. The van der Waals surface area contributed by atoms with E-state index in [1.807, 2.05) is 84.9 Å². The molecule has 4 aromatic carbocycles. The number of aliphatic hydroxyl groups excluding tert-OH is 1. The normalized spacial score (nSPS) is 10.6. The molecule has 0 heterocycles. The van der Waals surface area contributed by atoms with Crippen LogP contribution in [-0.2, 0) is 6.42 Å². The first-order valence-corrected chi connectivity index (χ1v) is 10.4. The quantitative estimate of drug-likeness (QED) is 0.367. The molecule has 161 valence electrons. The first-order valence-electron chi connectivity index (χ1n) is 10.4. The number of aliphatic hydroxyl groups is 1. The van der Waals surface area contributed by atoms with Crippen LogP contribution in [0.4, 0.5) is 0 Å². The first kappa shape index (κ1) is 21.5. The van der Waals surface area contributed by atoms with Gasteiger partial charge in [-0.15, -0.1) is 0 Å². The number of para-hydroxylation sites is 1. The first-order chi connectivity index (χ1) is 15.7. The number of methoxy groups -OCH3 is 2. The zero-order valence-electron chi connectivity index (χ0n) is 18.2. The van der Waals surface area contributed by atoms with Gasteiger partial charge in [0.2, 0.25) is 0 Å². The topological polar surface area (TPSA) is 47.9 Å². The smallest absolute Gasteiger partial charge is 0.143 e. The van der Waals surface area contributed by atoms with Crippen molar-refractivity contribution >= 4 is 0 Å². The van der Waals surface area contributed by atoms with Gasteiger partial charge in [0, 0.05) is 17.7 Å². The summed E-state index contributed by atoms with van der Waals surface area (Å²) >= 11 is 0. The van der Waals surface area contributed by atoms with E-state index in [9.17, 15) is 5.11 Å². The molecule has 0 spiro atoms. The van der Waals surface area contributed by atoms with Gasteiger partial charge >= 0.3 is 0 Å². The summed E-state index contributed by atoms with van der Waals surface area (Å²) in [7, 11) is 3.30. The van der Waals surface area contributed by atoms with Crippen molar-refractivity contribution in [2.24, 2.45) is 0 Å². The molecule has 0 saturated heterocycles. The maximum atomic E-state index is 9.70. The van der Waals surface area contributed by atoms with Crippen molar-refractivity contribution in [3.05, 3.63) is 96.6 Å². The van der Waals surface area contributed by atoms with E-state index in [0.29, 0.717) is 12.2 Å². The van der Waals surface area contributed by atoms with Crippen LogP contribution in [0.5, 0.6) is 23.0 Å². The molecule has 0 amide bonds. The third-order valence-corrected chi connectivity index (χ3v) is 5.27. The molecule has 0 bridgehead atoms. The SMILES string of the molecule is COc1ccc(-c2c[c]c(CCO)c(-c3ccc(OC)cc3)c2Oc2ccccc2)cc1. The van der Waals surface area contributed by atoms with Crippen LogP contribution in [0, 0.1) is 6.07 Å². The highest BCUT2D eigenvalue weighted by atomic mass is 16.5. The Balaban J connectivity index is 1.94. The van der Waals surface area contributed by atoms with Crippen molar-refractivity contribution in [3.63, 3.8) is 0 Å². The largest absolute Gasteiger partial charge is 0.497 e. The van der Waals surface area contributed by atoms with Gasteiger partial charge in [0.1, 0.15) is 23.0 Å². The lowest BCUT2D eigenvalue weighted by Gasteiger charge is -2.20. The molecule has 32 heavy (non-hydrogen) atoms. The van der Waals surface area contributed by atoms with Crippen molar-refractivity contribution in [1.29, 1.82) is 0 Å². The standard InChI is InChI=1S/C28H25O4/c1-30-23-13-8-20(9-14-23)26-17-12-22(18-19-29)27(21-10-15-24(31-2)16-11-21)28(26)32-25-6-4-3-5-7-25/h3-11,13-17,29H,18-19H2,1-2H3. The molecule has 4 rings (SSSR count). The number of ether oxygens (including phenoxy) is 3. The van der Waals surface area contributed by atoms with Gasteiger partial charge in [0.15, 0.2) is 0 Å². The highest BCUT2D eigenvalue weighted by Gasteiger charge is 2.19. The minimum atomic E-state index is 0.0202. The van der Waals surface area contributed by atoms with Crippen LogP contribution < -0.4 is 14.2 Å². The van der Waals surface area contributed by atoms with E-state index in [2.05, 4.69) is 6.07 Å². The van der Waals surface area contributed by atoms with Gasteiger partial charge in [-0.1, -0.05) is 42.5 Å². The van der Waals surface area contributed by atoms with Crippen molar-refractivity contribution in [1.82, 2.24) is 0 Å². The second kappa shape index (κ2) is 10.0. The summed E-state index contributed by atoms with van der Waals surface area (Å²) in [5.74, 6) is 3.01. The number of hydrogen-bond donors (Lipinski definition) is 1. The van der Waals surface area contributed by atoms with Gasteiger partial charge in [-0.05, 0) is 71.6 Å². The summed E-state index contributed by atoms with van der Waals surface area (Å²) in [5.41, 5.74) is 4.65. The molecule has 0 fully saturated rings. The second-order valence-electron chi connectivity index (χ2n) is 7.23. The Morgan fingerprint density at radius 1 is 0.719 bits per heavy atom. The Morgan fingerprint density at radius 3 is 1.88 bits per heavy atom. The molecule has 1 N–H and O–H groups in total. The van der Waals surface area contributed by atoms with E-state index in [1.165, 1.54) is 0 Å². The molecule has 0 aliphatic carbocycles. The summed E-state index contributed by atoms with van der Waals surface area (Å²) in [6, 6.07) is 30.7. The fourth-order valence-corrected chi connectivity index (χ4v) is 3.64. The molecule has 0 atom stereocenters. The molecule has 0 saturated carbocycles. The highest BCUT2D eigenvalue weighted by molar-refractivity contribution is 5.85. The van der Waals surface area contributed by atoms with Crippen LogP contribution >= 0.6 is 0 Å². The van der Waals surface area contributed by atoms with Gasteiger partial charge in [-0.2, -0.15) is 0 Å². The predicted molar refractivity (Wildman–Crippen MR) is 127 cm³/mol.